The summed E-state index contributed by atoms with van der Waals surface area (Å²) in [5.41, 5.74) is 2.96. The zero-order valence-electron chi connectivity index (χ0n) is 16.7. The molecule has 1 heterocycles. The first-order valence-corrected chi connectivity index (χ1v) is 9.67. The lowest BCUT2D eigenvalue weighted by Crippen LogP contribution is -2.35. The number of benzene rings is 2. The van der Waals surface area contributed by atoms with E-state index < -0.39 is 6.61 Å². The summed E-state index contributed by atoms with van der Waals surface area (Å²) in [4.78, 5) is 17.1. The van der Waals surface area contributed by atoms with Gasteiger partial charge in [-0.25, -0.2) is 0 Å². The highest BCUT2D eigenvalue weighted by Gasteiger charge is 2.22. The summed E-state index contributed by atoms with van der Waals surface area (Å²) in [6.45, 7) is 2.99. The Kier molecular flexibility index (Phi) is 7.04. The predicted octanol–water partition coefficient (Wildman–Crippen LogP) is 3.95. The van der Waals surface area contributed by atoms with Crippen molar-refractivity contribution in [1.29, 1.82) is 0 Å². The van der Waals surface area contributed by atoms with E-state index in [9.17, 15) is 13.6 Å². The molecule has 0 aromatic heterocycles. The van der Waals surface area contributed by atoms with E-state index in [1.165, 1.54) is 36.4 Å². The number of hydrogen-bond acceptors (Lipinski definition) is 4. The zero-order chi connectivity index (χ0) is 20.8. The second-order valence-corrected chi connectivity index (χ2v) is 7.09. The molecule has 1 aliphatic heterocycles. The van der Waals surface area contributed by atoms with Gasteiger partial charge in [-0.3, -0.25) is 9.69 Å². The number of carbonyl (C=O) groups excluding carboxylic acids is 1. The van der Waals surface area contributed by atoms with Crippen molar-refractivity contribution in [2.45, 2.75) is 26.5 Å². The molecule has 0 atom stereocenters. The molecule has 5 nitrogen and oxygen atoms in total. The fourth-order valence-electron chi connectivity index (χ4n) is 3.54. The second-order valence-electron chi connectivity index (χ2n) is 7.09. The molecule has 0 bridgehead atoms. The molecule has 2 aromatic rings. The number of carbonyl (C=O) groups is 1. The smallest absolute Gasteiger partial charge is 0.387 e. The van der Waals surface area contributed by atoms with Gasteiger partial charge in [0.15, 0.2) is 11.5 Å². The van der Waals surface area contributed by atoms with Crippen LogP contribution in [-0.2, 0) is 6.54 Å². The van der Waals surface area contributed by atoms with Gasteiger partial charge in [0.25, 0.3) is 5.91 Å². The molecule has 7 heteroatoms. The highest BCUT2D eigenvalue weighted by molar-refractivity contribution is 5.95. The quantitative estimate of drug-likeness (QED) is 0.731. The minimum absolute atomic E-state index is 0.0840. The number of hydrogen-bond donors (Lipinski definition) is 0. The third kappa shape index (κ3) is 5.44. The summed E-state index contributed by atoms with van der Waals surface area (Å²) in [7, 11) is 1.36. The van der Waals surface area contributed by atoms with Crippen LogP contribution < -0.4 is 9.47 Å². The monoisotopic (exact) mass is 404 g/mol. The Morgan fingerprint density at radius 3 is 2.59 bits per heavy atom. The molecule has 156 valence electrons. The Morgan fingerprint density at radius 1 is 1.07 bits per heavy atom. The van der Waals surface area contributed by atoms with Gasteiger partial charge >= 0.3 is 6.61 Å². The van der Waals surface area contributed by atoms with Crippen LogP contribution in [-0.4, -0.2) is 55.6 Å². The molecule has 1 fully saturated rings. The summed E-state index contributed by atoms with van der Waals surface area (Å²) in [6, 6.07) is 12.6. The Bertz CT molecular complexity index is 845. The summed E-state index contributed by atoms with van der Waals surface area (Å²) in [5.74, 6) is -0.101. The molecule has 1 aliphatic rings. The van der Waals surface area contributed by atoms with Crippen molar-refractivity contribution in [3.05, 3.63) is 59.2 Å². The highest BCUT2D eigenvalue weighted by Crippen LogP contribution is 2.30. The molecule has 1 amide bonds. The molecule has 0 unspecified atom stereocenters. The lowest BCUT2D eigenvalue weighted by atomic mass is 10.1. The van der Waals surface area contributed by atoms with Crippen LogP contribution in [0.5, 0.6) is 11.5 Å². The number of amides is 1. The molecule has 0 spiro atoms. The maximum Gasteiger partial charge on any atom is 0.387 e. The third-order valence-corrected chi connectivity index (χ3v) is 5.16. The summed E-state index contributed by atoms with van der Waals surface area (Å²) >= 11 is 0. The largest absolute Gasteiger partial charge is 0.493 e. The van der Waals surface area contributed by atoms with Crippen molar-refractivity contribution in [2.24, 2.45) is 0 Å². The van der Waals surface area contributed by atoms with E-state index in [1.54, 1.807) is 4.90 Å². The van der Waals surface area contributed by atoms with E-state index in [2.05, 4.69) is 28.7 Å². The zero-order valence-corrected chi connectivity index (χ0v) is 16.7. The SMILES string of the molecule is COc1cc(C(=O)N2CCCN(Cc3ccccc3C)CC2)ccc1OC(F)F. The number of alkyl halides is 2. The van der Waals surface area contributed by atoms with Crippen LogP contribution in [0, 0.1) is 6.92 Å². The van der Waals surface area contributed by atoms with E-state index >= 15 is 0 Å². The number of halogens is 2. The number of nitrogens with zero attached hydrogens (tertiary/aromatic N) is 2. The first-order valence-electron chi connectivity index (χ1n) is 9.67. The van der Waals surface area contributed by atoms with Crippen LogP contribution in [0.2, 0.25) is 0 Å². The maximum absolute atomic E-state index is 12.9. The standard InChI is InChI=1S/C22H26F2N2O3/c1-16-6-3-4-7-18(16)15-25-10-5-11-26(13-12-25)21(27)17-8-9-19(29-22(23)24)20(14-17)28-2/h3-4,6-9,14,22H,5,10-13,15H2,1-2H3. The van der Waals surface area contributed by atoms with Gasteiger partial charge in [0.1, 0.15) is 0 Å². The van der Waals surface area contributed by atoms with Gasteiger partial charge in [0, 0.05) is 38.3 Å². The van der Waals surface area contributed by atoms with Gasteiger partial charge in [-0.05, 0) is 42.7 Å². The lowest BCUT2D eigenvalue weighted by molar-refractivity contribution is -0.0512. The highest BCUT2D eigenvalue weighted by atomic mass is 19.3. The molecule has 3 rings (SSSR count). The fraction of sp³-hybridized carbons (Fsp3) is 0.409. The normalized spacial score (nSPS) is 15.3. The van der Waals surface area contributed by atoms with Crippen LogP contribution in [0.25, 0.3) is 0 Å². The van der Waals surface area contributed by atoms with E-state index in [1.807, 2.05) is 12.1 Å². The molecule has 0 radical (unpaired) electrons. The molecule has 2 aromatic carbocycles. The maximum atomic E-state index is 12.9. The molecule has 0 saturated carbocycles. The minimum atomic E-state index is -2.95. The van der Waals surface area contributed by atoms with Crippen molar-refractivity contribution in [3.8, 4) is 11.5 Å². The molecular formula is C22H26F2N2O3. The molecule has 29 heavy (non-hydrogen) atoms. The first-order chi connectivity index (χ1) is 14.0. The van der Waals surface area contributed by atoms with Crippen molar-refractivity contribution in [2.75, 3.05) is 33.3 Å². The second kappa shape index (κ2) is 9.69. The van der Waals surface area contributed by atoms with Gasteiger partial charge in [-0.15, -0.1) is 0 Å². The van der Waals surface area contributed by atoms with Crippen LogP contribution >= 0.6 is 0 Å². The predicted molar refractivity (Wildman–Crippen MR) is 107 cm³/mol. The van der Waals surface area contributed by atoms with Crippen molar-refractivity contribution >= 4 is 5.91 Å². The number of methoxy groups -OCH3 is 1. The van der Waals surface area contributed by atoms with Crippen molar-refractivity contribution < 1.29 is 23.0 Å². The van der Waals surface area contributed by atoms with Crippen LogP contribution in [0.15, 0.2) is 42.5 Å². The van der Waals surface area contributed by atoms with Crippen LogP contribution in [0.1, 0.15) is 27.9 Å². The van der Waals surface area contributed by atoms with Gasteiger partial charge in [0.2, 0.25) is 0 Å². The number of ether oxygens (including phenoxy) is 2. The number of rotatable bonds is 6. The molecule has 0 N–H and O–H groups in total. The average Bonchev–Trinajstić information content (AvgIpc) is 2.94. The van der Waals surface area contributed by atoms with E-state index in [0.29, 0.717) is 18.7 Å². The van der Waals surface area contributed by atoms with E-state index in [4.69, 9.17) is 4.74 Å². The number of aryl methyl sites for hydroxylation is 1. The summed E-state index contributed by atoms with van der Waals surface area (Å²) in [5, 5.41) is 0. The van der Waals surface area contributed by atoms with Crippen molar-refractivity contribution in [1.82, 2.24) is 9.80 Å². The van der Waals surface area contributed by atoms with Gasteiger partial charge in [-0.1, -0.05) is 24.3 Å². The summed E-state index contributed by atoms with van der Waals surface area (Å²) in [6.07, 6.45) is 0.876. The van der Waals surface area contributed by atoms with Gasteiger partial charge in [-0.2, -0.15) is 8.78 Å². The Labute approximate surface area is 169 Å². The molecule has 0 aliphatic carbocycles. The molecule has 1 saturated heterocycles. The van der Waals surface area contributed by atoms with Gasteiger partial charge < -0.3 is 14.4 Å². The topological polar surface area (TPSA) is 42.0 Å². The lowest BCUT2D eigenvalue weighted by Gasteiger charge is -2.23. The third-order valence-electron chi connectivity index (χ3n) is 5.16. The minimum Gasteiger partial charge on any atom is -0.493 e. The van der Waals surface area contributed by atoms with Crippen LogP contribution in [0.4, 0.5) is 8.78 Å². The Morgan fingerprint density at radius 2 is 1.86 bits per heavy atom. The van der Waals surface area contributed by atoms with Crippen LogP contribution in [0.3, 0.4) is 0 Å². The first kappa shape index (κ1) is 21.0. The van der Waals surface area contributed by atoms with E-state index in [0.717, 1.165) is 26.1 Å². The molecular weight excluding hydrogens is 378 g/mol. The fourth-order valence-corrected chi connectivity index (χ4v) is 3.54. The van der Waals surface area contributed by atoms with Crippen molar-refractivity contribution in [3.63, 3.8) is 0 Å². The Balaban J connectivity index is 1.65. The summed E-state index contributed by atoms with van der Waals surface area (Å²) < 4.78 is 34.5. The van der Waals surface area contributed by atoms with E-state index in [-0.39, 0.29) is 17.4 Å². The van der Waals surface area contributed by atoms with Gasteiger partial charge in [0.05, 0.1) is 7.11 Å². The average molecular weight is 404 g/mol. The Hall–Kier alpha value is -2.67.